The third-order valence-electron chi connectivity index (χ3n) is 4.91. The third-order valence-corrected chi connectivity index (χ3v) is 6.36. The Labute approximate surface area is 189 Å². The molecule has 1 aliphatic rings. The molecule has 1 N–H and O–H groups in total. The molecule has 7 nitrogen and oxygen atoms in total. The van der Waals surface area contributed by atoms with Crippen LogP contribution in [0.25, 0.3) is 0 Å². The lowest BCUT2D eigenvalue weighted by molar-refractivity contribution is -0.115. The van der Waals surface area contributed by atoms with E-state index in [1.807, 2.05) is 35.1 Å². The molecule has 1 aromatic carbocycles. The number of nitrogens with zero attached hydrogens (tertiary/aromatic N) is 4. The van der Waals surface area contributed by atoms with Crippen LogP contribution in [0, 0.1) is 0 Å². The zero-order valence-corrected chi connectivity index (χ0v) is 18.4. The molecule has 1 saturated heterocycles. The molecule has 1 atom stereocenters. The van der Waals surface area contributed by atoms with Gasteiger partial charge in [-0.2, -0.15) is 5.10 Å². The molecule has 1 aliphatic heterocycles. The van der Waals surface area contributed by atoms with Crippen molar-refractivity contribution in [1.82, 2.24) is 20.1 Å². The van der Waals surface area contributed by atoms with Crippen molar-refractivity contribution < 1.29 is 9.59 Å². The van der Waals surface area contributed by atoms with E-state index in [9.17, 15) is 9.59 Å². The maximum atomic E-state index is 12.6. The number of benzene rings is 1. The van der Waals surface area contributed by atoms with Gasteiger partial charge in [0.15, 0.2) is 0 Å². The van der Waals surface area contributed by atoms with Gasteiger partial charge in [-0.1, -0.05) is 23.7 Å². The molecule has 1 unspecified atom stereocenters. The summed E-state index contributed by atoms with van der Waals surface area (Å²) in [6.45, 7) is 1.43. The highest BCUT2D eigenvalue weighted by atomic mass is 35.5. The standard InChI is InChI=1S/C22H22ClN5O2S/c23-18-7-10-24-19(14-18)28-20(29)15-31-22(28)17-6-3-5-16(13-17)21(30)25-8-1-2-11-27-12-4-9-26-27/h3-7,9-10,12-14,22H,1-2,8,11,15H2,(H,25,30). The van der Waals surface area contributed by atoms with Crippen LogP contribution in [-0.4, -0.2) is 38.9 Å². The molecular formula is C22H22ClN5O2S. The molecular weight excluding hydrogens is 434 g/mol. The van der Waals surface area contributed by atoms with Gasteiger partial charge in [0.1, 0.15) is 11.2 Å². The van der Waals surface area contributed by atoms with Gasteiger partial charge < -0.3 is 5.32 Å². The number of hydrogen-bond donors (Lipinski definition) is 1. The number of anilines is 1. The smallest absolute Gasteiger partial charge is 0.251 e. The van der Waals surface area contributed by atoms with Crippen LogP contribution < -0.4 is 10.2 Å². The van der Waals surface area contributed by atoms with Crippen LogP contribution >= 0.6 is 23.4 Å². The summed E-state index contributed by atoms with van der Waals surface area (Å²) in [4.78, 5) is 31.1. The Morgan fingerprint density at radius 1 is 1.19 bits per heavy atom. The number of carbonyl (C=O) groups excluding carboxylic acids is 2. The maximum Gasteiger partial charge on any atom is 0.251 e. The van der Waals surface area contributed by atoms with Crippen LogP contribution in [0.15, 0.2) is 61.1 Å². The summed E-state index contributed by atoms with van der Waals surface area (Å²) in [6, 6.07) is 12.6. The number of hydrogen-bond acceptors (Lipinski definition) is 5. The summed E-state index contributed by atoms with van der Waals surface area (Å²) in [7, 11) is 0. The van der Waals surface area contributed by atoms with Crippen molar-refractivity contribution in [2.75, 3.05) is 17.2 Å². The van der Waals surface area contributed by atoms with Crippen LogP contribution in [0.3, 0.4) is 0 Å². The fraction of sp³-hybridized carbons (Fsp3) is 0.273. The molecule has 0 saturated carbocycles. The molecule has 160 valence electrons. The fourth-order valence-electron chi connectivity index (χ4n) is 3.41. The van der Waals surface area contributed by atoms with E-state index in [-0.39, 0.29) is 17.2 Å². The Morgan fingerprint density at radius 3 is 2.90 bits per heavy atom. The molecule has 2 amide bonds. The van der Waals surface area contributed by atoms with E-state index < -0.39 is 0 Å². The van der Waals surface area contributed by atoms with Gasteiger partial charge in [0.05, 0.1) is 5.75 Å². The van der Waals surface area contributed by atoms with Crippen LogP contribution in [0.4, 0.5) is 5.82 Å². The monoisotopic (exact) mass is 455 g/mol. The van der Waals surface area contributed by atoms with Gasteiger partial charge in [0.25, 0.3) is 5.91 Å². The number of aromatic nitrogens is 3. The summed E-state index contributed by atoms with van der Waals surface area (Å²) in [6.07, 6.45) is 7.07. The number of pyridine rings is 1. The molecule has 0 aliphatic carbocycles. The highest BCUT2D eigenvalue weighted by molar-refractivity contribution is 8.00. The van der Waals surface area contributed by atoms with E-state index >= 15 is 0 Å². The Bertz CT molecular complexity index is 1060. The zero-order valence-electron chi connectivity index (χ0n) is 16.8. The topological polar surface area (TPSA) is 80.1 Å². The Kier molecular flexibility index (Phi) is 6.89. The van der Waals surface area contributed by atoms with E-state index in [1.54, 1.807) is 35.5 Å². The molecule has 0 spiro atoms. The Balaban J connectivity index is 1.39. The van der Waals surface area contributed by atoms with Crippen molar-refractivity contribution in [2.24, 2.45) is 0 Å². The van der Waals surface area contributed by atoms with Gasteiger partial charge in [0.2, 0.25) is 5.91 Å². The summed E-state index contributed by atoms with van der Waals surface area (Å²) in [5.74, 6) is 0.713. The third kappa shape index (κ3) is 5.26. The number of thioether (sulfide) groups is 1. The molecule has 0 bridgehead atoms. The quantitative estimate of drug-likeness (QED) is 0.521. The van der Waals surface area contributed by atoms with Crippen molar-refractivity contribution >= 4 is 41.0 Å². The van der Waals surface area contributed by atoms with Crippen LogP contribution in [0.5, 0.6) is 0 Å². The lowest BCUT2D eigenvalue weighted by Gasteiger charge is -2.23. The predicted octanol–water partition coefficient (Wildman–Crippen LogP) is 3.92. The first-order chi connectivity index (χ1) is 15.1. The normalized spacial score (nSPS) is 16.0. The minimum atomic E-state index is -0.250. The lowest BCUT2D eigenvalue weighted by Crippen LogP contribution is -2.29. The summed E-state index contributed by atoms with van der Waals surface area (Å²) < 4.78 is 1.88. The van der Waals surface area contributed by atoms with Gasteiger partial charge in [-0.3, -0.25) is 19.2 Å². The van der Waals surface area contributed by atoms with Crippen LogP contribution in [-0.2, 0) is 11.3 Å². The molecule has 3 aromatic rings. The average molecular weight is 456 g/mol. The molecule has 3 heterocycles. The van der Waals surface area contributed by atoms with E-state index in [0.717, 1.165) is 24.9 Å². The molecule has 0 radical (unpaired) electrons. The van der Waals surface area contributed by atoms with Crippen molar-refractivity contribution in [2.45, 2.75) is 24.8 Å². The van der Waals surface area contributed by atoms with E-state index in [1.165, 1.54) is 11.8 Å². The second-order valence-electron chi connectivity index (χ2n) is 7.12. The molecule has 1 fully saturated rings. The maximum absolute atomic E-state index is 12.6. The van der Waals surface area contributed by atoms with Crippen LogP contribution in [0.1, 0.15) is 34.1 Å². The number of nitrogens with one attached hydrogen (secondary N) is 1. The van der Waals surface area contributed by atoms with E-state index in [0.29, 0.717) is 28.7 Å². The van der Waals surface area contributed by atoms with Crippen molar-refractivity contribution in [3.63, 3.8) is 0 Å². The van der Waals surface area contributed by atoms with Crippen LogP contribution in [0.2, 0.25) is 5.02 Å². The number of unbranched alkanes of at least 4 members (excludes halogenated alkanes) is 1. The van der Waals surface area contributed by atoms with Crippen molar-refractivity contribution in [3.05, 3.63) is 77.2 Å². The van der Waals surface area contributed by atoms with E-state index in [4.69, 9.17) is 11.6 Å². The molecule has 9 heteroatoms. The first kappa shape index (κ1) is 21.4. The summed E-state index contributed by atoms with van der Waals surface area (Å²) >= 11 is 7.60. The minimum Gasteiger partial charge on any atom is -0.352 e. The average Bonchev–Trinajstić information content (AvgIpc) is 3.43. The van der Waals surface area contributed by atoms with E-state index in [2.05, 4.69) is 15.4 Å². The zero-order chi connectivity index (χ0) is 21.6. The Morgan fingerprint density at radius 2 is 2.10 bits per heavy atom. The van der Waals surface area contributed by atoms with Gasteiger partial charge in [-0.15, -0.1) is 11.8 Å². The number of halogens is 1. The number of rotatable bonds is 8. The summed E-state index contributed by atoms with van der Waals surface area (Å²) in [5.41, 5.74) is 1.45. The Hall–Kier alpha value is -2.84. The summed E-state index contributed by atoms with van der Waals surface area (Å²) in [5, 5.41) is 7.41. The van der Waals surface area contributed by atoms with Gasteiger partial charge in [0, 0.05) is 42.3 Å². The lowest BCUT2D eigenvalue weighted by atomic mass is 10.1. The largest absolute Gasteiger partial charge is 0.352 e. The fourth-order valence-corrected chi connectivity index (χ4v) is 4.72. The molecule has 2 aromatic heterocycles. The van der Waals surface area contributed by atoms with Crippen molar-refractivity contribution in [3.8, 4) is 0 Å². The number of amides is 2. The number of aryl methyl sites for hydroxylation is 1. The van der Waals surface area contributed by atoms with Gasteiger partial charge in [-0.25, -0.2) is 4.98 Å². The minimum absolute atomic E-state index is 0.0307. The second kappa shape index (κ2) is 9.98. The second-order valence-corrected chi connectivity index (χ2v) is 8.62. The molecule has 31 heavy (non-hydrogen) atoms. The predicted molar refractivity (Wildman–Crippen MR) is 122 cm³/mol. The van der Waals surface area contributed by atoms with Gasteiger partial charge in [-0.05, 0) is 48.7 Å². The first-order valence-electron chi connectivity index (χ1n) is 10.0. The van der Waals surface area contributed by atoms with Gasteiger partial charge >= 0.3 is 0 Å². The molecule has 4 rings (SSSR count). The number of carbonyl (C=O) groups is 2. The highest BCUT2D eigenvalue weighted by Crippen LogP contribution is 2.41. The SMILES string of the molecule is O=C(NCCCCn1cccn1)c1cccc(C2SCC(=O)N2c2cc(Cl)ccn2)c1. The highest BCUT2D eigenvalue weighted by Gasteiger charge is 2.35. The first-order valence-corrected chi connectivity index (χ1v) is 11.5. The van der Waals surface area contributed by atoms with Crippen molar-refractivity contribution in [1.29, 1.82) is 0 Å².